The number of fused-ring (bicyclic) bond motifs is 1. The van der Waals surface area contributed by atoms with Crippen molar-refractivity contribution in [2.75, 3.05) is 0 Å². The summed E-state index contributed by atoms with van der Waals surface area (Å²) in [5.41, 5.74) is 4.11. The van der Waals surface area contributed by atoms with E-state index in [1.54, 1.807) is 0 Å². The summed E-state index contributed by atoms with van der Waals surface area (Å²) in [6, 6.07) is 2.15. The van der Waals surface area contributed by atoms with E-state index in [0.29, 0.717) is 5.92 Å². The van der Waals surface area contributed by atoms with Crippen molar-refractivity contribution >= 4 is 0 Å². The molecule has 13 heavy (non-hydrogen) atoms. The molecule has 0 heterocycles. The summed E-state index contributed by atoms with van der Waals surface area (Å²) in [5, 5.41) is 0. The van der Waals surface area contributed by atoms with Gasteiger partial charge in [0.15, 0.2) is 0 Å². The highest BCUT2D eigenvalue weighted by atomic mass is 19.1. The zero-order valence-corrected chi connectivity index (χ0v) is 8.45. The summed E-state index contributed by atoms with van der Waals surface area (Å²) in [6.07, 6.45) is 1.97. The van der Waals surface area contributed by atoms with Gasteiger partial charge in [-0.1, -0.05) is 13.0 Å². The molecule has 2 rings (SSSR count). The van der Waals surface area contributed by atoms with E-state index in [-0.39, 0.29) is 5.82 Å². The van der Waals surface area contributed by atoms with Crippen molar-refractivity contribution in [3.8, 4) is 0 Å². The monoisotopic (exact) mass is 178 g/mol. The molecule has 0 fully saturated rings. The first-order chi connectivity index (χ1) is 6.09. The Balaban J connectivity index is 2.60. The van der Waals surface area contributed by atoms with Crippen molar-refractivity contribution in [1.82, 2.24) is 0 Å². The van der Waals surface area contributed by atoms with Gasteiger partial charge in [0.25, 0.3) is 0 Å². The summed E-state index contributed by atoms with van der Waals surface area (Å²) in [4.78, 5) is 0. The van der Waals surface area contributed by atoms with Crippen LogP contribution in [-0.2, 0) is 12.8 Å². The van der Waals surface area contributed by atoms with Crippen LogP contribution >= 0.6 is 0 Å². The Hall–Kier alpha value is -0.850. The molecule has 0 saturated heterocycles. The zero-order valence-electron chi connectivity index (χ0n) is 8.45. The Morgan fingerprint density at radius 2 is 2.00 bits per heavy atom. The lowest BCUT2D eigenvalue weighted by Gasteiger charge is -2.07. The maximum absolute atomic E-state index is 13.7. The first-order valence-electron chi connectivity index (χ1n) is 4.87. The Bertz CT molecular complexity index is 353. The van der Waals surface area contributed by atoms with Crippen molar-refractivity contribution in [3.05, 3.63) is 34.1 Å². The third-order valence-electron chi connectivity index (χ3n) is 3.09. The molecule has 0 radical (unpaired) electrons. The van der Waals surface area contributed by atoms with Crippen LogP contribution in [0.3, 0.4) is 0 Å². The SMILES string of the molecule is Cc1cc2c(c(F)c1C)CC(C)C2. The van der Waals surface area contributed by atoms with Crippen molar-refractivity contribution in [2.24, 2.45) is 5.92 Å². The normalized spacial score (nSPS) is 20.5. The summed E-state index contributed by atoms with van der Waals surface area (Å²) in [7, 11) is 0. The molecule has 70 valence electrons. The largest absolute Gasteiger partial charge is 0.206 e. The maximum atomic E-state index is 13.7. The van der Waals surface area contributed by atoms with E-state index in [1.165, 1.54) is 5.56 Å². The van der Waals surface area contributed by atoms with Gasteiger partial charge < -0.3 is 0 Å². The van der Waals surface area contributed by atoms with Crippen LogP contribution < -0.4 is 0 Å². The molecule has 0 N–H and O–H groups in total. The smallest absolute Gasteiger partial charge is 0.129 e. The minimum atomic E-state index is 0.0411. The quantitative estimate of drug-likeness (QED) is 0.572. The van der Waals surface area contributed by atoms with Crippen molar-refractivity contribution in [2.45, 2.75) is 33.6 Å². The molecule has 1 aromatic rings. The number of rotatable bonds is 0. The van der Waals surface area contributed by atoms with E-state index >= 15 is 0 Å². The second kappa shape index (κ2) is 2.83. The lowest BCUT2D eigenvalue weighted by Crippen LogP contribution is -1.96. The van der Waals surface area contributed by atoms with Crippen LogP contribution in [0.1, 0.15) is 29.2 Å². The van der Waals surface area contributed by atoms with Crippen LogP contribution in [0.4, 0.5) is 4.39 Å². The van der Waals surface area contributed by atoms with E-state index in [0.717, 1.165) is 29.5 Å². The Labute approximate surface area is 78.8 Å². The van der Waals surface area contributed by atoms with Gasteiger partial charge in [0.1, 0.15) is 5.82 Å². The third kappa shape index (κ3) is 1.27. The summed E-state index contributed by atoms with van der Waals surface area (Å²) < 4.78 is 13.7. The molecule has 1 heteroatoms. The van der Waals surface area contributed by atoms with E-state index < -0.39 is 0 Å². The fraction of sp³-hybridized carbons (Fsp3) is 0.500. The maximum Gasteiger partial charge on any atom is 0.129 e. The van der Waals surface area contributed by atoms with Crippen LogP contribution in [0, 0.1) is 25.6 Å². The standard InChI is InChI=1S/C12H15F/c1-7-4-10-6-8(2)9(3)12(13)11(10)5-7/h6-7H,4-5H2,1-3H3. The number of aryl methyl sites for hydroxylation is 1. The van der Waals surface area contributed by atoms with Gasteiger partial charge >= 0.3 is 0 Å². The Morgan fingerprint density at radius 3 is 2.69 bits per heavy atom. The minimum absolute atomic E-state index is 0.0411. The van der Waals surface area contributed by atoms with Crippen LogP contribution in [0.15, 0.2) is 6.07 Å². The Morgan fingerprint density at radius 1 is 1.31 bits per heavy atom. The number of hydrogen-bond donors (Lipinski definition) is 0. The third-order valence-corrected chi connectivity index (χ3v) is 3.09. The van der Waals surface area contributed by atoms with E-state index in [2.05, 4.69) is 13.0 Å². The molecule has 0 bridgehead atoms. The zero-order chi connectivity index (χ0) is 9.59. The van der Waals surface area contributed by atoms with Crippen molar-refractivity contribution in [3.63, 3.8) is 0 Å². The van der Waals surface area contributed by atoms with E-state index in [9.17, 15) is 4.39 Å². The molecular formula is C12H15F. The van der Waals surface area contributed by atoms with Gasteiger partial charge in [0.05, 0.1) is 0 Å². The van der Waals surface area contributed by atoms with Gasteiger partial charge in [-0.3, -0.25) is 0 Å². The topological polar surface area (TPSA) is 0 Å². The second-order valence-electron chi connectivity index (χ2n) is 4.28. The fourth-order valence-electron chi connectivity index (χ4n) is 2.20. The van der Waals surface area contributed by atoms with Gasteiger partial charge in [-0.05, 0) is 54.9 Å². The van der Waals surface area contributed by atoms with Gasteiger partial charge in [-0.25, -0.2) is 4.39 Å². The van der Waals surface area contributed by atoms with Gasteiger partial charge in [-0.15, -0.1) is 0 Å². The van der Waals surface area contributed by atoms with E-state index in [1.807, 2.05) is 13.8 Å². The molecule has 1 atom stereocenters. The number of hydrogen-bond acceptors (Lipinski definition) is 0. The molecule has 0 saturated carbocycles. The van der Waals surface area contributed by atoms with Crippen LogP contribution in [0.2, 0.25) is 0 Å². The molecule has 0 nitrogen and oxygen atoms in total. The van der Waals surface area contributed by atoms with Gasteiger partial charge in [-0.2, -0.15) is 0 Å². The average molecular weight is 178 g/mol. The first-order valence-corrected chi connectivity index (χ1v) is 4.87. The molecule has 0 spiro atoms. The van der Waals surface area contributed by atoms with Crippen LogP contribution in [0.5, 0.6) is 0 Å². The molecule has 1 aromatic carbocycles. The van der Waals surface area contributed by atoms with Gasteiger partial charge in [0, 0.05) is 0 Å². The molecule has 0 aliphatic heterocycles. The second-order valence-corrected chi connectivity index (χ2v) is 4.28. The van der Waals surface area contributed by atoms with Crippen LogP contribution in [-0.4, -0.2) is 0 Å². The fourth-order valence-corrected chi connectivity index (χ4v) is 2.20. The molecule has 0 aromatic heterocycles. The summed E-state index contributed by atoms with van der Waals surface area (Å²) in [6.45, 7) is 6.04. The van der Waals surface area contributed by atoms with Crippen molar-refractivity contribution in [1.29, 1.82) is 0 Å². The molecule has 1 aliphatic carbocycles. The van der Waals surface area contributed by atoms with Gasteiger partial charge in [0.2, 0.25) is 0 Å². The predicted molar refractivity (Wildman–Crippen MR) is 52.4 cm³/mol. The number of benzene rings is 1. The Kier molecular flexibility index (Phi) is 1.90. The average Bonchev–Trinajstić information content (AvgIpc) is 2.42. The van der Waals surface area contributed by atoms with E-state index in [4.69, 9.17) is 0 Å². The first kappa shape index (κ1) is 8.74. The molecule has 1 aliphatic rings. The lowest BCUT2D eigenvalue weighted by molar-refractivity contribution is 0.580. The highest BCUT2D eigenvalue weighted by Crippen LogP contribution is 2.31. The van der Waals surface area contributed by atoms with Crippen LogP contribution in [0.25, 0.3) is 0 Å². The highest BCUT2D eigenvalue weighted by Gasteiger charge is 2.22. The molecular weight excluding hydrogens is 163 g/mol. The lowest BCUT2D eigenvalue weighted by atomic mass is 10.0. The summed E-state index contributed by atoms with van der Waals surface area (Å²) >= 11 is 0. The van der Waals surface area contributed by atoms with Crippen molar-refractivity contribution < 1.29 is 4.39 Å². The minimum Gasteiger partial charge on any atom is -0.206 e. The highest BCUT2D eigenvalue weighted by molar-refractivity contribution is 5.41. The summed E-state index contributed by atoms with van der Waals surface area (Å²) in [5.74, 6) is 0.657. The molecule has 0 amide bonds. The predicted octanol–water partition coefficient (Wildman–Crippen LogP) is 3.18. The number of halogens is 1. The molecule has 1 unspecified atom stereocenters.